The third kappa shape index (κ3) is 4.37. The predicted molar refractivity (Wildman–Crippen MR) is 111 cm³/mol. The van der Waals surface area contributed by atoms with E-state index in [9.17, 15) is 9.59 Å². The van der Waals surface area contributed by atoms with Crippen LogP contribution in [0.2, 0.25) is 0 Å². The number of nitrogens with zero attached hydrogens (tertiary/aromatic N) is 4. The Kier molecular flexibility index (Phi) is 5.83. The average molecular weight is 404 g/mol. The lowest BCUT2D eigenvalue weighted by Crippen LogP contribution is -2.38. The van der Waals surface area contributed by atoms with E-state index in [-0.39, 0.29) is 17.7 Å². The standard InChI is InChI=1S/C22H24N6O2/c1-15-23-14-19(21(29)24-11-16-5-3-2-4-6-16)20(27-15)17-7-9-28(10-8-17)22(30)18-12-25-26-13-18/h2-6,12-14,17H,7-11H2,1H3,(H,24,29)(H,25,26). The molecule has 1 aliphatic rings. The Morgan fingerprint density at radius 1 is 1.17 bits per heavy atom. The topological polar surface area (TPSA) is 104 Å². The highest BCUT2D eigenvalue weighted by atomic mass is 16.2. The average Bonchev–Trinajstić information content (AvgIpc) is 3.33. The first-order valence-electron chi connectivity index (χ1n) is 10.1. The van der Waals surface area contributed by atoms with E-state index in [2.05, 4.69) is 25.5 Å². The molecule has 0 saturated carbocycles. The SMILES string of the molecule is Cc1ncc(C(=O)NCc2ccccc2)c(C2CCN(C(=O)c3cn[nH]c3)CC2)n1. The van der Waals surface area contributed by atoms with E-state index in [0.29, 0.717) is 36.6 Å². The van der Waals surface area contributed by atoms with Crippen molar-refractivity contribution >= 4 is 11.8 Å². The number of aryl methyl sites for hydroxylation is 1. The van der Waals surface area contributed by atoms with Gasteiger partial charge in [0.25, 0.3) is 11.8 Å². The molecule has 0 radical (unpaired) electrons. The van der Waals surface area contributed by atoms with Crippen LogP contribution in [-0.4, -0.2) is 50.0 Å². The van der Waals surface area contributed by atoms with Crippen LogP contribution in [-0.2, 0) is 6.54 Å². The molecular weight excluding hydrogens is 380 g/mol. The van der Waals surface area contributed by atoms with E-state index in [1.165, 1.54) is 6.20 Å². The fourth-order valence-corrected chi connectivity index (χ4v) is 3.75. The number of aromatic amines is 1. The quantitative estimate of drug-likeness (QED) is 0.680. The summed E-state index contributed by atoms with van der Waals surface area (Å²) in [6, 6.07) is 9.78. The molecule has 1 aromatic carbocycles. The maximum absolute atomic E-state index is 12.9. The molecule has 8 nitrogen and oxygen atoms in total. The minimum absolute atomic E-state index is 0.0260. The largest absolute Gasteiger partial charge is 0.348 e. The van der Waals surface area contributed by atoms with Crippen molar-refractivity contribution in [2.75, 3.05) is 13.1 Å². The lowest BCUT2D eigenvalue weighted by Gasteiger charge is -2.32. The second kappa shape index (κ2) is 8.86. The molecule has 0 aliphatic carbocycles. The molecular formula is C22H24N6O2. The summed E-state index contributed by atoms with van der Waals surface area (Å²) in [6.45, 7) is 3.50. The number of likely N-dealkylation sites (tertiary alicyclic amines) is 1. The van der Waals surface area contributed by atoms with E-state index in [1.807, 2.05) is 42.2 Å². The molecule has 2 aromatic heterocycles. The molecule has 8 heteroatoms. The molecule has 154 valence electrons. The Balaban J connectivity index is 1.44. The summed E-state index contributed by atoms with van der Waals surface area (Å²) in [5.41, 5.74) is 2.87. The summed E-state index contributed by atoms with van der Waals surface area (Å²) in [5.74, 6) is 0.548. The van der Waals surface area contributed by atoms with Gasteiger partial charge in [0.05, 0.1) is 23.0 Å². The van der Waals surface area contributed by atoms with Crippen LogP contribution < -0.4 is 5.32 Å². The first-order chi connectivity index (χ1) is 14.6. The molecule has 3 heterocycles. The molecule has 2 N–H and O–H groups in total. The van der Waals surface area contributed by atoms with Gasteiger partial charge in [0, 0.05) is 37.9 Å². The van der Waals surface area contributed by atoms with Gasteiger partial charge >= 0.3 is 0 Å². The van der Waals surface area contributed by atoms with Gasteiger partial charge in [-0.05, 0) is 25.3 Å². The number of hydrogen-bond acceptors (Lipinski definition) is 5. The van der Waals surface area contributed by atoms with Crippen LogP contribution >= 0.6 is 0 Å². The van der Waals surface area contributed by atoms with Crippen molar-refractivity contribution in [2.45, 2.75) is 32.2 Å². The summed E-state index contributed by atoms with van der Waals surface area (Å²) in [5, 5.41) is 9.49. The van der Waals surface area contributed by atoms with E-state index in [4.69, 9.17) is 0 Å². The normalized spacial score (nSPS) is 14.5. The number of aromatic nitrogens is 4. The van der Waals surface area contributed by atoms with Gasteiger partial charge in [-0.2, -0.15) is 5.10 Å². The minimum Gasteiger partial charge on any atom is -0.348 e. The third-order valence-electron chi connectivity index (χ3n) is 5.39. The fraction of sp³-hybridized carbons (Fsp3) is 0.318. The van der Waals surface area contributed by atoms with Gasteiger partial charge < -0.3 is 10.2 Å². The van der Waals surface area contributed by atoms with Gasteiger partial charge in [-0.15, -0.1) is 0 Å². The lowest BCUT2D eigenvalue weighted by molar-refractivity contribution is 0.0710. The molecule has 0 unspecified atom stereocenters. The number of carbonyl (C=O) groups excluding carboxylic acids is 2. The summed E-state index contributed by atoms with van der Waals surface area (Å²) in [4.78, 5) is 36.1. The molecule has 1 saturated heterocycles. The van der Waals surface area contributed by atoms with Crippen molar-refractivity contribution in [1.29, 1.82) is 0 Å². The number of H-pyrrole nitrogens is 1. The number of rotatable bonds is 5. The highest BCUT2D eigenvalue weighted by Crippen LogP contribution is 2.29. The number of piperidine rings is 1. The molecule has 30 heavy (non-hydrogen) atoms. The lowest BCUT2D eigenvalue weighted by atomic mass is 9.90. The highest BCUT2D eigenvalue weighted by molar-refractivity contribution is 5.95. The summed E-state index contributed by atoms with van der Waals surface area (Å²) < 4.78 is 0. The number of benzene rings is 1. The van der Waals surface area contributed by atoms with Crippen LogP contribution in [0.15, 0.2) is 48.9 Å². The van der Waals surface area contributed by atoms with Gasteiger partial charge in [0.15, 0.2) is 0 Å². The number of hydrogen-bond donors (Lipinski definition) is 2. The van der Waals surface area contributed by atoms with Crippen molar-refractivity contribution in [3.63, 3.8) is 0 Å². The van der Waals surface area contributed by atoms with Gasteiger partial charge in [-0.1, -0.05) is 30.3 Å². The van der Waals surface area contributed by atoms with Gasteiger partial charge in [-0.3, -0.25) is 14.7 Å². The Bertz CT molecular complexity index is 1010. The van der Waals surface area contributed by atoms with Crippen LogP contribution in [0.4, 0.5) is 0 Å². The second-order valence-electron chi connectivity index (χ2n) is 7.44. The summed E-state index contributed by atoms with van der Waals surface area (Å²) in [6.07, 6.45) is 6.26. The maximum Gasteiger partial charge on any atom is 0.257 e. The Labute approximate surface area is 174 Å². The van der Waals surface area contributed by atoms with Gasteiger partial charge in [0.1, 0.15) is 5.82 Å². The molecule has 3 aromatic rings. The third-order valence-corrected chi connectivity index (χ3v) is 5.39. The van der Waals surface area contributed by atoms with E-state index in [1.54, 1.807) is 12.4 Å². The Hall–Kier alpha value is -3.55. The molecule has 1 aliphatic heterocycles. The summed E-state index contributed by atoms with van der Waals surface area (Å²) in [7, 11) is 0. The molecule has 0 bridgehead atoms. The number of amides is 2. The maximum atomic E-state index is 12.9. The Morgan fingerprint density at radius 2 is 1.93 bits per heavy atom. The van der Waals surface area contributed by atoms with E-state index >= 15 is 0 Å². The molecule has 0 atom stereocenters. The van der Waals surface area contributed by atoms with Crippen LogP contribution in [0, 0.1) is 6.92 Å². The second-order valence-corrected chi connectivity index (χ2v) is 7.44. The number of nitrogens with one attached hydrogen (secondary N) is 2. The molecule has 2 amide bonds. The van der Waals surface area contributed by atoms with Crippen LogP contribution in [0.25, 0.3) is 0 Å². The number of carbonyl (C=O) groups is 2. The highest BCUT2D eigenvalue weighted by Gasteiger charge is 2.28. The van der Waals surface area contributed by atoms with Gasteiger partial charge in [0.2, 0.25) is 0 Å². The molecule has 4 rings (SSSR count). The first-order valence-corrected chi connectivity index (χ1v) is 10.1. The van der Waals surface area contributed by atoms with Crippen molar-refractivity contribution in [3.05, 3.63) is 77.1 Å². The fourth-order valence-electron chi connectivity index (χ4n) is 3.75. The molecule has 0 spiro atoms. The van der Waals surface area contributed by atoms with Crippen LogP contribution in [0.3, 0.4) is 0 Å². The molecule has 1 fully saturated rings. The zero-order valence-corrected chi connectivity index (χ0v) is 16.8. The van der Waals surface area contributed by atoms with Crippen molar-refractivity contribution in [3.8, 4) is 0 Å². The summed E-state index contributed by atoms with van der Waals surface area (Å²) >= 11 is 0. The van der Waals surface area contributed by atoms with E-state index < -0.39 is 0 Å². The van der Waals surface area contributed by atoms with Crippen LogP contribution in [0.1, 0.15) is 56.6 Å². The smallest absolute Gasteiger partial charge is 0.257 e. The predicted octanol–water partition coefficient (Wildman–Crippen LogP) is 2.46. The van der Waals surface area contributed by atoms with Gasteiger partial charge in [-0.25, -0.2) is 9.97 Å². The zero-order valence-electron chi connectivity index (χ0n) is 16.8. The minimum atomic E-state index is -0.175. The van der Waals surface area contributed by atoms with Crippen molar-refractivity contribution < 1.29 is 9.59 Å². The van der Waals surface area contributed by atoms with Crippen molar-refractivity contribution in [2.24, 2.45) is 0 Å². The van der Waals surface area contributed by atoms with E-state index in [0.717, 1.165) is 24.1 Å². The Morgan fingerprint density at radius 3 is 2.63 bits per heavy atom. The monoisotopic (exact) mass is 404 g/mol. The van der Waals surface area contributed by atoms with Crippen molar-refractivity contribution in [1.82, 2.24) is 30.4 Å². The zero-order chi connectivity index (χ0) is 20.9. The van der Waals surface area contributed by atoms with Crippen LogP contribution in [0.5, 0.6) is 0 Å². The first kappa shape index (κ1) is 19.8.